The number of hydrogen-bond acceptors (Lipinski definition) is 3. The summed E-state index contributed by atoms with van der Waals surface area (Å²) in [4.78, 5) is 12.1. The van der Waals surface area contributed by atoms with Gasteiger partial charge >= 0.3 is 0 Å². The Morgan fingerprint density at radius 2 is 1.95 bits per heavy atom. The van der Waals surface area contributed by atoms with Gasteiger partial charge in [0.1, 0.15) is 0 Å². The summed E-state index contributed by atoms with van der Waals surface area (Å²) in [5, 5.41) is 16.1. The Balaban J connectivity index is 2.01. The Morgan fingerprint density at radius 1 is 1.29 bits per heavy atom. The third kappa shape index (κ3) is 3.70. The molecule has 0 unspecified atom stereocenters. The molecule has 0 aliphatic rings. The highest BCUT2D eigenvalue weighted by atomic mass is 16.2. The summed E-state index contributed by atoms with van der Waals surface area (Å²) in [6, 6.07) is 7.52. The van der Waals surface area contributed by atoms with Crippen molar-refractivity contribution in [1.29, 1.82) is 0 Å². The van der Waals surface area contributed by atoms with Gasteiger partial charge in [-0.1, -0.05) is 12.1 Å². The molecule has 1 aromatic heterocycles. The van der Waals surface area contributed by atoms with Crippen LogP contribution in [0.25, 0.3) is 0 Å². The van der Waals surface area contributed by atoms with Crippen LogP contribution in [0.3, 0.4) is 0 Å². The molecule has 0 aliphatic heterocycles. The number of benzene rings is 1. The Morgan fingerprint density at radius 3 is 2.48 bits per heavy atom. The van der Waals surface area contributed by atoms with Crippen molar-refractivity contribution in [2.45, 2.75) is 26.7 Å². The molecule has 1 amide bonds. The second-order valence-electron chi connectivity index (χ2n) is 5.17. The van der Waals surface area contributed by atoms with Crippen molar-refractivity contribution in [3.8, 4) is 0 Å². The predicted molar refractivity (Wildman–Crippen MR) is 82.2 cm³/mol. The number of amides is 1. The van der Waals surface area contributed by atoms with Gasteiger partial charge in [0.15, 0.2) is 0 Å². The molecule has 112 valence electrons. The minimum Gasteiger partial charge on any atom is -0.396 e. The van der Waals surface area contributed by atoms with E-state index in [2.05, 4.69) is 10.4 Å². The van der Waals surface area contributed by atoms with Gasteiger partial charge in [0.05, 0.1) is 12.1 Å². The third-order valence-electron chi connectivity index (χ3n) is 3.63. The first-order chi connectivity index (χ1) is 10.0. The van der Waals surface area contributed by atoms with Crippen LogP contribution in [-0.4, -0.2) is 27.4 Å². The number of carbonyl (C=O) groups excluding carboxylic acids is 1. The van der Waals surface area contributed by atoms with Crippen LogP contribution < -0.4 is 5.32 Å². The Bertz CT molecular complexity index is 630. The number of nitrogens with zero attached hydrogens (tertiary/aromatic N) is 2. The molecular weight excluding hydrogens is 266 g/mol. The summed E-state index contributed by atoms with van der Waals surface area (Å²) < 4.78 is 1.79. The predicted octanol–water partition coefficient (Wildman–Crippen LogP) is 1.75. The van der Waals surface area contributed by atoms with E-state index in [0.29, 0.717) is 12.8 Å². The van der Waals surface area contributed by atoms with Crippen molar-refractivity contribution in [3.05, 3.63) is 46.8 Å². The maximum atomic E-state index is 12.1. The van der Waals surface area contributed by atoms with Gasteiger partial charge in [0.2, 0.25) is 5.91 Å². The van der Waals surface area contributed by atoms with E-state index in [4.69, 9.17) is 5.11 Å². The largest absolute Gasteiger partial charge is 0.396 e. The highest BCUT2D eigenvalue weighted by Gasteiger charge is 2.13. The number of aromatic nitrogens is 2. The molecule has 0 bridgehead atoms. The maximum Gasteiger partial charge on any atom is 0.228 e. The first-order valence-electron chi connectivity index (χ1n) is 7.00. The summed E-state index contributed by atoms with van der Waals surface area (Å²) in [6.07, 6.45) is 0.951. The van der Waals surface area contributed by atoms with E-state index in [0.717, 1.165) is 28.2 Å². The first kappa shape index (κ1) is 15.3. The van der Waals surface area contributed by atoms with Gasteiger partial charge in [-0.15, -0.1) is 0 Å². The van der Waals surface area contributed by atoms with Crippen LogP contribution in [0.1, 0.15) is 22.5 Å². The van der Waals surface area contributed by atoms with Crippen LogP contribution in [0, 0.1) is 13.8 Å². The van der Waals surface area contributed by atoms with Crippen molar-refractivity contribution >= 4 is 11.6 Å². The van der Waals surface area contributed by atoms with E-state index < -0.39 is 0 Å². The smallest absolute Gasteiger partial charge is 0.228 e. The quantitative estimate of drug-likeness (QED) is 0.880. The van der Waals surface area contributed by atoms with Crippen molar-refractivity contribution < 1.29 is 9.90 Å². The summed E-state index contributed by atoms with van der Waals surface area (Å²) in [7, 11) is 1.88. The molecule has 5 nitrogen and oxygen atoms in total. The number of hydrogen-bond donors (Lipinski definition) is 2. The number of aryl methyl sites for hydroxylation is 2. The highest BCUT2D eigenvalue weighted by Crippen LogP contribution is 2.15. The van der Waals surface area contributed by atoms with Crippen molar-refractivity contribution in [2.24, 2.45) is 7.05 Å². The van der Waals surface area contributed by atoms with E-state index in [-0.39, 0.29) is 12.5 Å². The molecule has 0 saturated heterocycles. The lowest BCUT2D eigenvalue weighted by molar-refractivity contribution is -0.115. The molecule has 1 aromatic carbocycles. The number of aliphatic hydroxyl groups is 1. The Labute approximate surface area is 124 Å². The summed E-state index contributed by atoms with van der Waals surface area (Å²) in [6.45, 7) is 4.01. The zero-order chi connectivity index (χ0) is 15.4. The van der Waals surface area contributed by atoms with Crippen LogP contribution >= 0.6 is 0 Å². The average Bonchev–Trinajstić information content (AvgIpc) is 2.68. The normalized spacial score (nSPS) is 10.7. The van der Waals surface area contributed by atoms with Crippen molar-refractivity contribution in [2.75, 3.05) is 11.9 Å². The lowest BCUT2D eigenvalue weighted by atomic mass is 10.1. The summed E-state index contributed by atoms with van der Waals surface area (Å²) >= 11 is 0. The minimum absolute atomic E-state index is 0.0518. The number of carbonyl (C=O) groups is 1. The van der Waals surface area contributed by atoms with Gasteiger partial charge in [0.25, 0.3) is 0 Å². The van der Waals surface area contributed by atoms with Crippen LogP contribution in [0.15, 0.2) is 24.3 Å². The Hall–Kier alpha value is -2.14. The molecule has 0 atom stereocenters. The highest BCUT2D eigenvalue weighted by molar-refractivity contribution is 5.92. The van der Waals surface area contributed by atoms with E-state index in [1.807, 2.05) is 45.2 Å². The molecule has 1 heterocycles. The SMILES string of the molecule is Cc1nn(C)c(C)c1CC(=O)Nc1ccc(CCO)cc1. The molecule has 2 aromatic rings. The second-order valence-corrected chi connectivity index (χ2v) is 5.17. The van der Waals surface area contributed by atoms with Gasteiger partial charge < -0.3 is 10.4 Å². The Kier molecular flexibility index (Phi) is 4.75. The third-order valence-corrected chi connectivity index (χ3v) is 3.63. The van der Waals surface area contributed by atoms with Crippen molar-refractivity contribution in [3.63, 3.8) is 0 Å². The van der Waals surface area contributed by atoms with Gasteiger partial charge in [-0.25, -0.2) is 0 Å². The topological polar surface area (TPSA) is 67.2 Å². The standard InChI is InChI=1S/C16H21N3O2/c1-11-15(12(2)19(3)18-11)10-16(21)17-14-6-4-13(5-7-14)8-9-20/h4-7,20H,8-10H2,1-3H3,(H,17,21). The van der Waals surface area contributed by atoms with Gasteiger partial charge in [-0.3, -0.25) is 9.48 Å². The maximum absolute atomic E-state index is 12.1. The zero-order valence-corrected chi connectivity index (χ0v) is 12.7. The van der Waals surface area contributed by atoms with Crippen LogP contribution in [-0.2, 0) is 24.7 Å². The van der Waals surface area contributed by atoms with Crippen molar-refractivity contribution in [1.82, 2.24) is 9.78 Å². The minimum atomic E-state index is -0.0518. The molecule has 0 spiro atoms. The van der Waals surface area contributed by atoms with Crippen LogP contribution in [0.5, 0.6) is 0 Å². The monoisotopic (exact) mass is 287 g/mol. The van der Waals surface area contributed by atoms with Crippen LogP contribution in [0.4, 0.5) is 5.69 Å². The van der Waals surface area contributed by atoms with Gasteiger partial charge in [0, 0.05) is 30.6 Å². The fourth-order valence-corrected chi connectivity index (χ4v) is 2.32. The van der Waals surface area contributed by atoms with E-state index >= 15 is 0 Å². The molecule has 2 rings (SSSR count). The van der Waals surface area contributed by atoms with E-state index in [1.165, 1.54) is 0 Å². The lowest BCUT2D eigenvalue weighted by Crippen LogP contribution is -2.15. The second kappa shape index (κ2) is 6.54. The fourth-order valence-electron chi connectivity index (χ4n) is 2.32. The fraction of sp³-hybridized carbons (Fsp3) is 0.375. The average molecular weight is 287 g/mol. The van der Waals surface area contributed by atoms with Gasteiger partial charge in [-0.05, 0) is 38.0 Å². The first-order valence-corrected chi connectivity index (χ1v) is 7.00. The van der Waals surface area contributed by atoms with Crippen LogP contribution in [0.2, 0.25) is 0 Å². The lowest BCUT2D eigenvalue weighted by Gasteiger charge is -2.07. The molecule has 0 saturated carbocycles. The number of anilines is 1. The molecule has 0 fully saturated rings. The van der Waals surface area contributed by atoms with E-state index in [1.54, 1.807) is 4.68 Å². The summed E-state index contributed by atoms with van der Waals surface area (Å²) in [5.74, 6) is -0.0518. The molecule has 5 heteroatoms. The molecular formula is C16H21N3O2. The molecule has 0 aliphatic carbocycles. The number of aliphatic hydroxyl groups excluding tert-OH is 1. The molecule has 2 N–H and O–H groups in total. The van der Waals surface area contributed by atoms with Gasteiger partial charge in [-0.2, -0.15) is 5.10 Å². The molecule has 0 radical (unpaired) electrons. The number of nitrogens with one attached hydrogen (secondary N) is 1. The molecule has 21 heavy (non-hydrogen) atoms. The zero-order valence-electron chi connectivity index (χ0n) is 12.7. The number of rotatable bonds is 5. The summed E-state index contributed by atoms with van der Waals surface area (Å²) in [5.41, 5.74) is 4.70. The van der Waals surface area contributed by atoms with E-state index in [9.17, 15) is 4.79 Å².